The van der Waals surface area contributed by atoms with Gasteiger partial charge in [-0.3, -0.25) is 10.2 Å². The van der Waals surface area contributed by atoms with E-state index >= 15 is 0 Å². The summed E-state index contributed by atoms with van der Waals surface area (Å²) in [4.78, 5) is 13.3. The van der Waals surface area contributed by atoms with Crippen molar-refractivity contribution in [3.63, 3.8) is 0 Å². The number of benzene rings is 3. The first-order valence-corrected chi connectivity index (χ1v) is 11.4. The van der Waals surface area contributed by atoms with E-state index in [2.05, 4.69) is 5.32 Å². The van der Waals surface area contributed by atoms with Gasteiger partial charge in [0.25, 0.3) is 5.91 Å². The lowest BCUT2D eigenvalue weighted by molar-refractivity contribution is 0.0939. The van der Waals surface area contributed by atoms with E-state index in [1.807, 2.05) is 26.1 Å². The summed E-state index contributed by atoms with van der Waals surface area (Å²) in [7, 11) is 1.80. The maximum Gasteiger partial charge on any atom is 0.251 e. The fraction of sp³-hybridized carbons (Fsp3) is 0.214. The van der Waals surface area contributed by atoms with E-state index in [1.165, 1.54) is 18.2 Å². The van der Waals surface area contributed by atoms with Crippen LogP contribution in [0, 0.1) is 30.9 Å². The molecule has 5 nitrogen and oxygen atoms in total. The third-order valence-electron chi connectivity index (χ3n) is 6.21. The van der Waals surface area contributed by atoms with Crippen molar-refractivity contribution in [3.8, 4) is 11.1 Å². The molecule has 0 bridgehead atoms. The van der Waals surface area contributed by atoms with Crippen LogP contribution in [0.1, 0.15) is 45.6 Å². The summed E-state index contributed by atoms with van der Waals surface area (Å²) in [6.45, 7) is 5.78. The summed E-state index contributed by atoms with van der Waals surface area (Å²) in [6.07, 6.45) is 3.62. The monoisotopic (exact) mass is 474 g/mol. The number of hydrogen-bond acceptors (Lipinski definition) is 2. The fourth-order valence-corrected chi connectivity index (χ4v) is 4.17. The van der Waals surface area contributed by atoms with E-state index in [4.69, 9.17) is 5.41 Å². The first kappa shape index (κ1) is 24.1. The molecule has 180 valence electrons. The third-order valence-corrected chi connectivity index (χ3v) is 6.21. The average molecular weight is 475 g/mol. The topological polar surface area (TPSA) is 62.8 Å². The molecule has 0 aliphatic rings. The van der Waals surface area contributed by atoms with Gasteiger partial charge in [-0.25, -0.2) is 8.78 Å². The minimum absolute atomic E-state index is 0.272. The lowest BCUT2D eigenvalue weighted by Gasteiger charge is -2.17. The number of amides is 1. The van der Waals surface area contributed by atoms with Gasteiger partial charge in [0.2, 0.25) is 5.62 Å². The number of nitrogens with one attached hydrogen (secondary N) is 2. The maximum absolute atomic E-state index is 13.7. The predicted octanol–water partition coefficient (Wildman–Crippen LogP) is 5.41. The van der Waals surface area contributed by atoms with E-state index < -0.39 is 0 Å². The Hall–Kier alpha value is -4.00. The molecule has 1 heterocycles. The summed E-state index contributed by atoms with van der Waals surface area (Å²) < 4.78 is 30.9. The predicted molar refractivity (Wildman–Crippen MR) is 132 cm³/mol. The van der Waals surface area contributed by atoms with Crippen molar-refractivity contribution in [1.29, 1.82) is 5.41 Å². The molecule has 4 aromatic rings. The SMILES string of the molecule is Cc1cc([C@@H](C)NC(=O)c2cc(Cn3ccn(C)c3=N)cc(-c3ccc(F)cc3C)c2)ccc1F. The van der Waals surface area contributed by atoms with Crippen molar-refractivity contribution in [3.05, 3.63) is 112 Å². The second kappa shape index (κ2) is 9.70. The molecule has 1 amide bonds. The summed E-state index contributed by atoms with van der Waals surface area (Å²) in [6, 6.07) is 14.6. The van der Waals surface area contributed by atoms with Crippen LogP contribution in [0.2, 0.25) is 0 Å². The highest BCUT2D eigenvalue weighted by Gasteiger charge is 2.16. The van der Waals surface area contributed by atoms with Crippen LogP contribution < -0.4 is 10.9 Å². The lowest BCUT2D eigenvalue weighted by Crippen LogP contribution is -2.27. The Bertz CT molecular complexity index is 1470. The summed E-state index contributed by atoms with van der Waals surface area (Å²) in [5, 5.41) is 11.2. The van der Waals surface area contributed by atoms with Crippen LogP contribution >= 0.6 is 0 Å². The van der Waals surface area contributed by atoms with Crippen LogP contribution in [0.5, 0.6) is 0 Å². The molecule has 0 saturated heterocycles. The van der Waals surface area contributed by atoms with Crippen LogP contribution in [-0.2, 0) is 13.6 Å². The molecule has 0 spiro atoms. The second-order valence-electron chi connectivity index (χ2n) is 8.94. The molecule has 0 saturated carbocycles. The van der Waals surface area contributed by atoms with Gasteiger partial charge < -0.3 is 14.5 Å². The molecule has 3 aromatic carbocycles. The van der Waals surface area contributed by atoms with Crippen LogP contribution in [0.4, 0.5) is 8.78 Å². The number of carbonyl (C=O) groups is 1. The number of carbonyl (C=O) groups excluding carboxylic acids is 1. The quantitative estimate of drug-likeness (QED) is 0.386. The van der Waals surface area contributed by atoms with Gasteiger partial charge in [0, 0.05) is 25.0 Å². The number of aryl methyl sites for hydroxylation is 3. The van der Waals surface area contributed by atoms with Gasteiger partial charge in [0.15, 0.2) is 0 Å². The molecule has 0 radical (unpaired) electrons. The molecular formula is C28H28F2N4O. The molecular weight excluding hydrogens is 446 g/mol. The standard InChI is InChI=1S/C28H28F2N4O/c1-17-12-24(29)6-7-25(17)22-13-20(16-34-10-9-33(4)28(34)31)14-23(15-22)27(35)32-19(3)21-5-8-26(30)18(2)11-21/h5-15,19,31H,16H2,1-4H3,(H,32,35)/t19-/m1/s1. The number of hydrogen-bond donors (Lipinski definition) is 2. The molecule has 35 heavy (non-hydrogen) atoms. The number of aromatic nitrogens is 2. The fourth-order valence-electron chi connectivity index (χ4n) is 4.17. The minimum Gasteiger partial charge on any atom is -0.346 e. The Morgan fingerprint density at radius 1 is 1.00 bits per heavy atom. The Kier molecular flexibility index (Phi) is 6.69. The third kappa shape index (κ3) is 5.24. The molecule has 0 aliphatic carbocycles. The lowest BCUT2D eigenvalue weighted by atomic mass is 9.95. The molecule has 0 fully saturated rings. The Morgan fingerprint density at radius 3 is 2.43 bits per heavy atom. The summed E-state index contributed by atoms with van der Waals surface area (Å²) >= 11 is 0. The van der Waals surface area contributed by atoms with Crippen LogP contribution in [-0.4, -0.2) is 15.0 Å². The van der Waals surface area contributed by atoms with Crippen molar-refractivity contribution >= 4 is 5.91 Å². The maximum atomic E-state index is 13.7. The Morgan fingerprint density at radius 2 is 1.77 bits per heavy atom. The largest absolute Gasteiger partial charge is 0.346 e. The van der Waals surface area contributed by atoms with Gasteiger partial charge in [-0.2, -0.15) is 0 Å². The highest BCUT2D eigenvalue weighted by molar-refractivity contribution is 5.96. The van der Waals surface area contributed by atoms with E-state index in [-0.39, 0.29) is 23.6 Å². The minimum atomic E-state index is -0.329. The van der Waals surface area contributed by atoms with Gasteiger partial charge >= 0.3 is 0 Å². The average Bonchev–Trinajstić information content (AvgIpc) is 3.12. The zero-order valence-electron chi connectivity index (χ0n) is 20.2. The number of imidazole rings is 1. The van der Waals surface area contributed by atoms with Gasteiger partial charge in [-0.05, 0) is 90.6 Å². The highest BCUT2D eigenvalue weighted by atomic mass is 19.1. The van der Waals surface area contributed by atoms with Crippen molar-refractivity contribution in [2.75, 3.05) is 0 Å². The number of nitrogens with zero attached hydrogens (tertiary/aromatic N) is 2. The molecule has 2 N–H and O–H groups in total. The van der Waals surface area contributed by atoms with E-state index in [9.17, 15) is 13.6 Å². The van der Waals surface area contributed by atoms with Gasteiger partial charge in [-0.15, -0.1) is 0 Å². The van der Waals surface area contributed by atoms with Crippen LogP contribution in [0.25, 0.3) is 11.1 Å². The van der Waals surface area contributed by atoms with Gasteiger partial charge in [-0.1, -0.05) is 18.2 Å². The zero-order chi connectivity index (χ0) is 25.3. The molecule has 4 rings (SSSR count). The van der Waals surface area contributed by atoms with E-state index in [1.54, 1.807) is 59.6 Å². The molecule has 1 aromatic heterocycles. The molecule has 7 heteroatoms. The summed E-state index contributed by atoms with van der Waals surface area (Å²) in [5.41, 5.74) is 5.33. The Labute approximate surface area is 203 Å². The number of halogens is 2. The molecule has 0 unspecified atom stereocenters. The van der Waals surface area contributed by atoms with E-state index in [0.717, 1.165) is 27.8 Å². The normalized spacial score (nSPS) is 11.9. The van der Waals surface area contributed by atoms with Crippen LogP contribution in [0.3, 0.4) is 0 Å². The van der Waals surface area contributed by atoms with Gasteiger partial charge in [0.1, 0.15) is 11.6 Å². The Balaban J connectivity index is 1.71. The molecule has 0 aliphatic heterocycles. The summed E-state index contributed by atoms with van der Waals surface area (Å²) in [5.74, 6) is -0.875. The van der Waals surface area contributed by atoms with E-state index in [0.29, 0.717) is 23.3 Å². The van der Waals surface area contributed by atoms with Crippen molar-refractivity contribution < 1.29 is 13.6 Å². The second-order valence-corrected chi connectivity index (χ2v) is 8.94. The van der Waals surface area contributed by atoms with Crippen molar-refractivity contribution in [2.45, 2.75) is 33.4 Å². The van der Waals surface area contributed by atoms with Crippen molar-refractivity contribution in [1.82, 2.24) is 14.5 Å². The molecule has 1 atom stereocenters. The number of rotatable bonds is 6. The first-order chi connectivity index (χ1) is 16.6. The van der Waals surface area contributed by atoms with Gasteiger partial charge in [0.05, 0.1) is 12.6 Å². The van der Waals surface area contributed by atoms with Crippen LogP contribution in [0.15, 0.2) is 67.0 Å². The first-order valence-electron chi connectivity index (χ1n) is 11.4. The van der Waals surface area contributed by atoms with Crippen molar-refractivity contribution in [2.24, 2.45) is 7.05 Å². The highest BCUT2D eigenvalue weighted by Crippen LogP contribution is 2.27. The zero-order valence-corrected chi connectivity index (χ0v) is 20.2. The smallest absolute Gasteiger partial charge is 0.251 e.